The molecule has 3 heterocycles. The van der Waals surface area contributed by atoms with Gasteiger partial charge in [-0.1, -0.05) is 42.5 Å². The zero-order valence-electron chi connectivity index (χ0n) is 16.7. The van der Waals surface area contributed by atoms with Gasteiger partial charge in [-0.05, 0) is 37.3 Å². The van der Waals surface area contributed by atoms with Crippen LogP contribution in [-0.2, 0) is 0 Å². The van der Waals surface area contributed by atoms with Gasteiger partial charge in [0.05, 0.1) is 16.8 Å². The maximum Gasteiger partial charge on any atom is 0.267 e. The first-order chi connectivity index (χ1) is 15.1. The molecule has 0 radical (unpaired) electrons. The summed E-state index contributed by atoms with van der Waals surface area (Å²) < 4.78 is 1.20. The van der Waals surface area contributed by atoms with Crippen LogP contribution < -0.4 is 5.56 Å². The molecule has 0 atom stereocenters. The third-order valence-electron chi connectivity index (χ3n) is 5.15. The summed E-state index contributed by atoms with van der Waals surface area (Å²) in [4.78, 5) is 26.6. The molecule has 0 amide bonds. The number of aryl methyl sites for hydroxylation is 1. The van der Waals surface area contributed by atoms with E-state index in [9.17, 15) is 9.90 Å². The Morgan fingerprint density at radius 1 is 0.935 bits per heavy atom. The van der Waals surface area contributed by atoms with Crippen molar-refractivity contribution in [2.75, 3.05) is 0 Å². The predicted octanol–water partition coefficient (Wildman–Crippen LogP) is 4.70. The molecule has 2 aromatic carbocycles. The van der Waals surface area contributed by atoms with E-state index in [1.807, 2.05) is 43.3 Å². The van der Waals surface area contributed by atoms with E-state index >= 15 is 0 Å². The van der Waals surface area contributed by atoms with Crippen LogP contribution in [0.1, 0.15) is 11.3 Å². The Bertz CT molecular complexity index is 1520. The van der Waals surface area contributed by atoms with Crippen molar-refractivity contribution in [3.8, 4) is 11.7 Å². The van der Waals surface area contributed by atoms with Crippen molar-refractivity contribution >= 4 is 33.6 Å². The number of pyridine rings is 3. The van der Waals surface area contributed by atoms with Crippen LogP contribution in [0.3, 0.4) is 0 Å². The number of aliphatic imine (C=N–C) groups is 1. The van der Waals surface area contributed by atoms with E-state index in [1.165, 1.54) is 4.57 Å². The number of aromatic nitrogens is 3. The molecule has 0 aliphatic carbocycles. The molecule has 3 aromatic heterocycles. The monoisotopic (exact) mass is 406 g/mol. The van der Waals surface area contributed by atoms with Gasteiger partial charge < -0.3 is 5.11 Å². The lowest BCUT2D eigenvalue weighted by Gasteiger charge is -2.12. The van der Waals surface area contributed by atoms with Gasteiger partial charge in [0, 0.05) is 34.3 Å². The van der Waals surface area contributed by atoms with E-state index in [1.54, 1.807) is 48.8 Å². The van der Waals surface area contributed by atoms with Crippen molar-refractivity contribution in [2.45, 2.75) is 6.92 Å². The normalized spacial score (nSPS) is 11.5. The quantitative estimate of drug-likeness (QED) is 0.441. The first-order valence-electron chi connectivity index (χ1n) is 9.82. The molecule has 5 rings (SSSR count). The Balaban J connectivity index is 1.76. The van der Waals surface area contributed by atoms with Crippen molar-refractivity contribution in [2.24, 2.45) is 4.99 Å². The Morgan fingerprint density at radius 3 is 2.55 bits per heavy atom. The average Bonchev–Trinajstić information content (AvgIpc) is 2.80. The molecule has 1 N–H and O–H groups in total. The molecule has 0 bridgehead atoms. The van der Waals surface area contributed by atoms with E-state index < -0.39 is 0 Å². The molecule has 31 heavy (non-hydrogen) atoms. The smallest absolute Gasteiger partial charge is 0.267 e. The molecule has 5 aromatic rings. The van der Waals surface area contributed by atoms with E-state index in [-0.39, 0.29) is 11.4 Å². The van der Waals surface area contributed by atoms with Gasteiger partial charge in [0.25, 0.3) is 5.56 Å². The molecule has 0 spiro atoms. The number of rotatable bonds is 3. The van der Waals surface area contributed by atoms with Crippen LogP contribution in [-0.4, -0.2) is 25.9 Å². The Hall–Kier alpha value is -4.32. The summed E-state index contributed by atoms with van der Waals surface area (Å²) in [5.41, 5.74) is 2.45. The summed E-state index contributed by atoms with van der Waals surface area (Å²) in [5, 5.41) is 13.1. The summed E-state index contributed by atoms with van der Waals surface area (Å²) in [6.07, 6.45) is 3.16. The Labute approximate surface area is 177 Å². The van der Waals surface area contributed by atoms with Crippen LogP contribution in [0.4, 0.5) is 5.69 Å². The molecule has 6 nitrogen and oxygen atoms in total. The van der Waals surface area contributed by atoms with E-state index in [4.69, 9.17) is 0 Å². The minimum absolute atomic E-state index is 0.212. The van der Waals surface area contributed by atoms with Crippen LogP contribution in [0.15, 0.2) is 88.8 Å². The number of para-hydroxylation sites is 1. The molecule has 6 heteroatoms. The summed E-state index contributed by atoms with van der Waals surface area (Å²) in [7, 11) is 0. The zero-order valence-corrected chi connectivity index (χ0v) is 16.7. The van der Waals surface area contributed by atoms with Gasteiger partial charge in [0.1, 0.15) is 5.82 Å². The second-order valence-corrected chi connectivity index (χ2v) is 7.17. The van der Waals surface area contributed by atoms with Gasteiger partial charge >= 0.3 is 0 Å². The largest absolute Gasteiger partial charge is 0.494 e. The van der Waals surface area contributed by atoms with E-state index in [2.05, 4.69) is 15.0 Å². The average molecular weight is 406 g/mol. The zero-order chi connectivity index (χ0) is 21.4. The third-order valence-corrected chi connectivity index (χ3v) is 5.15. The highest BCUT2D eigenvalue weighted by Gasteiger charge is 2.16. The Kier molecular flexibility index (Phi) is 4.52. The van der Waals surface area contributed by atoms with Gasteiger partial charge in [-0.15, -0.1) is 0 Å². The van der Waals surface area contributed by atoms with Crippen molar-refractivity contribution in [1.82, 2.24) is 14.5 Å². The van der Waals surface area contributed by atoms with Crippen molar-refractivity contribution in [1.29, 1.82) is 0 Å². The number of benzene rings is 2. The molecule has 0 saturated heterocycles. The minimum atomic E-state index is -0.341. The molecule has 0 saturated carbocycles. The highest BCUT2D eigenvalue weighted by molar-refractivity contribution is 6.03. The van der Waals surface area contributed by atoms with Crippen LogP contribution in [0, 0.1) is 6.92 Å². The number of nitrogens with zero attached hydrogens (tertiary/aromatic N) is 4. The third kappa shape index (κ3) is 3.24. The van der Waals surface area contributed by atoms with Crippen molar-refractivity contribution < 1.29 is 5.11 Å². The second kappa shape index (κ2) is 7.50. The number of aromatic hydroxyl groups is 1. The van der Waals surface area contributed by atoms with Crippen LogP contribution in [0.2, 0.25) is 0 Å². The fourth-order valence-corrected chi connectivity index (χ4v) is 3.66. The molecular weight excluding hydrogens is 388 g/mol. The predicted molar refractivity (Wildman–Crippen MR) is 123 cm³/mol. The topological polar surface area (TPSA) is 80.4 Å². The molecule has 0 aliphatic heterocycles. The summed E-state index contributed by atoms with van der Waals surface area (Å²) in [5.74, 6) is 0.128. The minimum Gasteiger partial charge on any atom is -0.494 e. The first-order valence-corrected chi connectivity index (χ1v) is 9.82. The van der Waals surface area contributed by atoms with Crippen LogP contribution in [0.25, 0.3) is 27.5 Å². The van der Waals surface area contributed by atoms with Crippen molar-refractivity contribution in [3.05, 3.63) is 101 Å². The summed E-state index contributed by atoms with van der Waals surface area (Å²) in [6.45, 7) is 1.93. The maximum atomic E-state index is 13.1. The van der Waals surface area contributed by atoms with E-state index in [0.29, 0.717) is 27.8 Å². The molecule has 150 valence electrons. The van der Waals surface area contributed by atoms with Gasteiger partial charge in [-0.25, -0.2) is 9.55 Å². The van der Waals surface area contributed by atoms with E-state index in [0.717, 1.165) is 16.6 Å². The standard InChI is InChI=1S/C25H18N4O2/c1-16-12-13-17-7-6-10-21(23(17)28-16)27-15-20-18-8-2-3-9-19(18)24(30)29(25(20)31)22-11-4-5-14-26-22/h2-15,31H,1H3. The molecule has 0 unspecified atom stereocenters. The fraction of sp³-hybridized carbons (Fsp3) is 0.0400. The van der Waals surface area contributed by atoms with Crippen LogP contribution >= 0.6 is 0 Å². The second-order valence-electron chi connectivity index (χ2n) is 7.17. The summed E-state index contributed by atoms with van der Waals surface area (Å²) >= 11 is 0. The Morgan fingerprint density at radius 2 is 1.74 bits per heavy atom. The molecular formula is C25H18N4O2. The highest BCUT2D eigenvalue weighted by Crippen LogP contribution is 2.28. The lowest BCUT2D eigenvalue weighted by molar-refractivity contribution is 0.435. The van der Waals surface area contributed by atoms with Gasteiger partial charge in [-0.2, -0.15) is 0 Å². The van der Waals surface area contributed by atoms with Crippen LogP contribution in [0.5, 0.6) is 5.88 Å². The summed E-state index contributed by atoms with van der Waals surface area (Å²) in [6, 6.07) is 22.1. The lowest BCUT2D eigenvalue weighted by atomic mass is 10.1. The number of hydrogen-bond donors (Lipinski definition) is 1. The SMILES string of the molecule is Cc1ccc2cccc(N=Cc3c(O)n(-c4ccccn4)c(=O)c4ccccc34)c2n1. The molecule has 0 aliphatic rings. The first kappa shape index (κ1) is 18.7. The lowest BCUT2D eigenvalue weighted by Crippen LogP contribution is -2.20. The van der Waals surface area contributed by atoms with Gasteiger partial charge in [0.15, 0.2) is 0 Å². The number of hydrogen-bond acceptors (Lipinski definition) is 5. The van der Waals surface area contributed by atoms with Crippen molar-refractivity contribution in [3.63, 3.8) is 0 Å². The number of fused-ring (bicyclic) bond motifs is 2. The van der Waals surface area contributed by atoms with Gasteiger partial charge in [0.2, 0.25) is 5.88 Å². The fourth-order valence-electron chi connectivity index (χ4n) is 3.66. The van der Waals surface area contributed by atoms with Gasteiger partial charge in [-0.3, -0.25) is 14.8 Å². The maximum absolute atomic E-state index is 13.1. The molecule has 0 fully saturated rings. The highest BCUT2D eigenvalue weighted by atomic mass is 16.3.